The molecule has 0 aliphatic heterocycles. The predicted octanol–water partition coefficient (Wildman–Crippen LogP) is 5.64. The summed E-state index contributed by atoms with van der Waals surface area (Å²) >= 11 is 3.36. The van der Waals surface area contributed by atoms with Gasteiger partial charge in [0.15, 0.2) is 0 Å². The summed E-state index contributed by atoms with van der Waals surface area (Å²) in [6, 6.07) is 15.3. The quantitative estimate of drug-likeness (QED) is 0.150. The molecule has 0 unspecified atom stereocenters. The summed E-state index contributed by atoms with van der Waals surface area (Å²) in [5, 5.41) is 13.4. The van der Waals surface area contributed by atoms with Crippen molar-refractivity contribution in [2.75, 3.05) is 7.11 Å². The largest absolute Gasteiger partial charge is 0.438 e. The molecule has 188 valence electrons. The molecular formula is C26H21BrN4O5S. The number of fused-ring (bicyclic) bond motifs is 3. The van der Waals surface area contributed by atoms with Crippen LogP contribution in [0.5, 0.6) is 11.6 Å². The van der Waals surface area contributed by atoms with Crippen LogP contribution >= 0.6 is 15.9 Å². The smallest absolute Gasteiger partial charge is 0.268 e. The highest BCUT2D eigenvalue weighted by molar-refractivity contribution is 9.10. The molecule has 2 aromatic carbocycles. The maximum absolute atomic E-state index is 14.0. The molecule has 0 saturated carbocycles. The lowest BCUT2D eigenvalue weighted by atomic mass is 10.1. The minimum Gasteiger partial charge on any atom is -0.438 e. The van der Waals surface area contributed by atoms with Gasteiger partial charge in [0.2, 0.25) is 5.88 Å². The van der Waals surface area contributed by atoms with Gasteiger partial charge in [0.05, 0.1) is 46.0 Å². The van der Waals surface area contributed by atoms with E-state index in [1.165, 1.54) is 23.5 Å². The number of hydrogen-bond donors (Lipinski definition) is 1. The molecule has 0 spiro atoms. The number of halogens is 1. The van der Waals surface area contributed by atoms with Crippen LogP contribution in [0.2, 0.25) is 0 Å². The van der Waals surface area contributed by atoms with Crippen molar-refractivity contribution in [3.8, 4) is 11.6 Å². The number of benzene rings is 2. The first kappa shape index (κ1) is 24.9. The van der Waals surface area contributed by atoms with Crippen LogP contribution in [0.1, 0.15) is 16.8 Å². The zero-order valence-corrected chi connectivity index (χ0v) is 22.2. The maximum Gasteiger partial charge on any atom is 0.268 e. The van der Waals surface area contributed by atoms with E-state index in [4.69, 9.17) is 9.47 Å². The third-order valence-corrected chi connectivity index (χ3v) is 8.04. The standard InChI is InChI=1S/C26H21BrN4O5S/c1-16-6-9-18(10-7-16)37(33,34)31-21-4-3-5-23(36-24-11-8-17(27)12-29-24)26(21)25-19(15-35-2)20(13-30-32)28-14-22(25)31/h3-14,32H,15H2,1-2H3/b30-13-. The molecule has 1 N–H and O–H groups in total. The number of hydrogen-bond acceptors (Lipinski definition) is 8. The van der Waals surface area contributed by atoms with Crippen molar-refractivity contribution in [1.82, 2.24) is 13.9 Å². The third kappa shape index (κ3) is 4.45. The van der Waals surface area contributed by atoms with Gasteiger partial charge in [-0.3, -0.25) is 4.98 Å². The van der Waals surface area contributed by atoms with Gasteiger partial charge in [-0.15, -0.1) is 0 Å². The van der Waals surface area contributed by atoms with E-state index >= 15 is 0 Å². The van der Waals surface area contributed by atoms with E-state index in [1.807, 2.05) is 6.92 Å². The lowest BCUT2D eigenvalue weighted by Crippen LogP contribution is -2.13. The Balaban J connectivity index is 1.89. The van der Waals surface area contributed by atoms with E-state index in [1.54, 1.807) is 60.8 Å². The van der Waals surface area contributed by atoms with Crippen LogP contribution in [0.3, 0.4) is 0 Å². The summed E-state index contributed by atoms with van der Waals surface area (Å²) < 4.78 is 41.6. The molecule has 5 rings (SSSR count). The van der Waals surface area contributed by atoms with Crippen molar-refractivity contribution >= 4 is 54.0 Å². The Bertz CT molecular complexity index is 1750. The van der Waals surface area contributed by atoms with Crippen molar-refractivity contribution in [3.63, 3.8) is 0 Å². The lowest BCUT2D eigenvalue weighted by molar-refractivity contribution is 0.185. The number of pyridine rings is 2. The number of aromatic nitrogens is 3. The Kier molecular flexibility index (Phi) is 6.67. The highest BCUT2D eigenvalue weighted by Crippen LogP contribution is 2.41. The summed E-state index contributed by atoms with van der Waals surface area (Å²) in [4.78, 5) is 8.81. The number of aryl methyl sites for hydroxylation is 1. The van der Waals surface area contributed by atoms with Crippen LogP contribution in [0, 0.1) is 6.92 Å². The molecule has 0 radical (unpaired) electrons. The van der Waals surface area contributed by atoms with E-state index in [0.717, 1.165) is 10.0 Å². The number of ether oxygens (including phenoxy) is 2. The first-order valence-electron chi connectivity index (χ1n) is 11.1. The topological polar surface area (TPSA) is 116 Å². The van der Waals surface area contributed by atoms with Crippen molar-refractivity contribution in [1.29, 1.82) is 0 Å². The Hall–Kier alpha value is -3.80. The predicted molar refractivity (Wildman–Crippen MR) is 143 cm³/mol. The molecule has 0 bridgehead atoms. The van der Waals surface area contributed by atoms with Gasteiger partial charge in [-0.25, -0.2) is 17.4 Å². The second kappa shape index (κ2) is 9.92. The lowest BCUT2D eigenvalue weighted by Gasteiger charge is -2.10. The average Bonchev–Trinajstić information content (AvgIpc) is 3.23. The minimum absolute atomic E-state index is 0.0836. The maximum atomic E-state index is 14.0. The second-order valence-electron chi connectivity index (χ2n) is 8.21. The molecule has 5 aromatic rings. The van der Waals surface area contributed by atoms with E-state index < -0.39 is 10.0 Å². The molecule has 0 saturated heterocycles. The van der Waals surface area contributed by atoms with Gasteiger partial charge in [-0.2, -0.15) is 0 Å². The summed E-state index contributed by atoms with van der Waals surface area (Å²) in [6.07, 6.45) is 4.24. The van der Waals surface area contributed by atoms with Crippen LogP contribution in [0.15, 0.2) is 81.5 Å². The van der Waals surface area contributed by atoms with Crippen molar-refractivity contribution in [2.45, 2.75) is 18.4 Å². The highest BCUT2D eigenvalue weighted by atomic mass is 79.9. The zero-order valence-electron chi connectivity index (χ0n) is 19.8. The first-order chi connectivity index (χ1) is 17.8. The molecule has 0 atom stereocenters. The Morgan fingerprint density at radius 2 is 1.81 bits per heavy atom. The average molecular weight is 581 g/mol. The number of oxime groups is 1. The van der Waals surface area contributed by atoms with E-state index in [2.05, 4.69) is 31.1 Å². The van der Waals surface area contributed by atoms with Crippen LogP contribution in [0.25, 0.3) is 21.8 Å². The minimum atomic E-state index is -4.04. The van der Waals surface area contributed by atoms with Gasteiger partial charge in [0.1, 0.15) is 5.75 Å². The summed E-state index contributed by atoms with van der Waals surface area (Å²) in [5.41, 5.74) is 2.54. The van der Waals surface area contributed by atoms with Crippen LogP contribution in [-0.4, -0.2) is 40.9 Å². The summed E-state index contributed by atoms with van der Waals surface area (Å²) in [7, 11) is -2.52. The number of rotatable bonds is 7. The fourth-order valence-electron chi connectivity index (χ4n) is 4.21. The van der Waals surface area contributed by atoms with Crippen molar-refractivity contribution in [2.24, 2.45) is 5.16 Å². The van der Waals surface area contributed by atoms with Crippen molar-refractivity contribution in [3.05, 3.63) is 88.3 Å². The molecule has 0 aliphatic rings. The number of methoxy groups -OCH3 is 1. The molecule has 9 nitrogen and oxygen atoms in total. The zero-order chi connectivity index (χ0) is 26.2. The summed E-state index contributed by atoms with van der Waals surface area (Å²) in [5.74, 6) is 0.725. The number of nitrogens with zero attached hydrogens (tertiary/aromatic N) is 4. The molecular weight excluding hydrogens is 560 g/mol. The van der Waals surface area contributed by atoms with Gasteiger partial charge in [0.25, 0.3) is 10.0 Å². The normalized spacial score (nSPS) is 12.1. The molecule has 11 heteroatoms. The first-order valence-corrected chi connectivity index (χ1v) is 13.3. The fourth-order valence-corrected chi connectivity index (χ4v) is 5.94. The van der Waals surface area contributed by atoms with Crippen molar-refractivity contribution < 1.29 is 23.1 Å². The molecule has 0 amide bonds. The monoisotopic (exact) mass is 580 g/mol. The Labute approximate surface area is 221 Å². The van der Waals surface area contributed by atoms with E-state index in [0.29, 0.717) is 44.7 Å². The van der Waals surface area contributed by atoms with Crippen LogP contribution in [0.4, 0.5) is 0 Å². The van der Waals surface area contributed by atoms with Gasteiger partial charge in [0, 0.05) is 34.8 Å². The van der Waals surface area contributed by atoms with Crippen LogP contribution in [-0.2, 0) is 21.4 Å². The van der Waals surface area contributed by atoms with Crippen LogP contribution < -0.4 is 4.74 Å². The SMILES string of the molecule is COCc1c(/C=N\O)ncc2c1c1c(Oc3ccc(Br)cn3)cccc1n2S(=O)(=O)c1ccc(C)cc1. The molecule has 37 heavy (non-hydrogen) atoms. The molecule has 3 heterocycles. The van der Waals surface area contributed by atoms with E-state index in [9.17, 15) is 13.6 Å². The van der Waals surface area contributed by atoms with Gasteiger partial charge < -0.3 is 14.7 Å². The third-order valence-electron chi connectivity index (χ3n) is 5.83. The summed E-state index contributed by atoms with van der Waals surface area (Å²) in [6.45, 7) is 1.97. The van der Waals surface area contributed by atoms with Gasteiger partial charge >= 0.3 is 0 Å². The molecule has 0 fully saturated rings. The highest BCUT2D eigenvalue weighted by Gasteiger charge is 2.28. The van der Waals surface area contributed by atoms with Gasteiger partial charge in [-0.05, 0) is 53.2 Å². The molecule has 3 aromatic heterocycles. The second-order valence-corrected chi connectivity index (χ2v) is 10.9. The Morgan fingerprint density at radius 1 is 1.03 bits per heavy atom. The molecule has 0 aliphatic carbocycles. The fraction of sp³-hybridized carbons (Fsp3) is 0.115. The van der Waals surface area contributed by atoms with Gasteiger partial charge in [-0.1, -0.05) is 28.9 Å². The van der Waals surface area contributed by atoms with E-state index in [-0.39, 0.29) is 11.5 Å². The Morgan fingerprint density at radius 3 is 2.49 bits per heavy atom.